The zero-order chi connectivity index (χ0) is 6.91. The van der Waals surface area contributed by atoms with E-state index in [1.165, 1.54) is 0 Å². The summed E-state index contributed by atoms with van der Waals surface area (Å²) >= 11 is 0. The molecule has 1 aliphatic heterocycles. The molecule has 9 heavy (non-hydrogen) atoms. The van der Waals surface area contributed by atoms with Crippen molar-refractivity contribution in [3.8, 4) is 0 Å². The Bertz CT molecular complexity index is 107. The van der Waals surface area contributed by atoms with E-state index >= 15 is 0 Å². The lowest BCUT2D eigenvalue weighted by Gasteiger charge is -2.37. The van der Waals surface area contributed by atoms with Gasteiger partial charge >= 0.3 is 0 Å². The van der Waals surface area contributed by atoms with Gasteiger partial charge in [0, 0.05) is 6.42 Å². The lowest BCUT2D eigenvalue weighted by molar-refractivity contribution is -0.867. The molecule has 0 radical (unpaired) electrons. The normalized spacial score (nSPS) is 43.7. The maximum absolute atomic E-state index is 11.3. The molecule has 3 nitrogen and oxygen atoms in total. The molecule has 0 spiro atoms. The molecule has 0 aliphatic carbocycles. The molecule has 1 rings (SSSR count). The summed E-state index contributed by atoms with van der Waals surface area (Å²) in [7, 11) is 0. The van der Waals surface area contributed by atoms with Crippen molar-refractivity contribution in [1.82, 2.24) is 0 Å². The number of aliphatic hydroxyl groups excluding tert-OH is 1. The number of hydrogen-bond acceptors (Lipinski definition) is 2. The number of aliphatic hydroxyl groups is 1. The summed E-state index contributed by atoms with van der Waals surface area (Å²) < 4.78 is -0.193. The molecule has 1 aliphatic rings. The first-order valence-electron chi connectivity index (χ1n) is 3.41. The zero-order valence-corrected chi connectivity index (χ0v) is 5.71. The second-order valence-corrected chi connectivity index (χ2v) is 2.72. The number of nitrogens with zero attached hydrogens (tertiary/aromatic N) is 1. The number of hydrogen-bond donors (Lipinski definition) is 1. The van der Waals surface area contributed by atoms with E-state index in [-0.39, 0.29) is 10.8 Å². The van der Waals surface area contributed by atoms with Crippen LogP contribution in [0.2, 0.25) is 0 Å². The minimum atomic E-state index is -0.345. The molecule has 54 valence electrons. The highest BCUT2D eigenvalue weighted by molar-refractivity contribution is 4.63. The van der Waals surface area contributed by atoms with Gasteiger partial charge in [-0.3, -0.25) is 0 Å². The Morgan fingerprint density at radius 1 is 1.78 bits per heavy atom. The monoisotopic (exact) mass is 131 g/mol. The smallest absolute Gasteiger partial charge is 0.109 e. The Balaban J connectivity index is 2.45. The highest BCUT2D eigenvalue weighted by Gasteiger charge is 2.27. The number of likely N-dealkylation sites (tertiary alicyclic amines) is 1. The summed E-state index contributed by atoms with van der Waals surface area (Å²) in [6.45, 7) is 3.45. The fraction of sp³-hybridized carbons (Fsp3) is 1.00. The van der Waals surface area contributed by atoms with Gasteiger partial charge in [0.25, 0.3) is 0 Å². The van der Waals surface area contributed by atoms with Crippen molar-refractivity contribution in [3.63, 3.8) is 0 Å². The summed E-state index contributed by atoms with van der Waals surface area (Å²) in [5.41, 5.74) is 0. The van der Waals surface area contributed by atoms with Crippen LogP contribution in [0.5, 0.6) is 0 Å². The minimum absolute atomic E-state index is 0.193. The first-order valence-corrected chi connectivity index (χ1v) is 3.41. The van der Waals surface area contributed by atoms with E-state index in [0.29, 0.717) is 26.1 Å². The van der Waals surface area contributed by atoms with Crippen molar-refractivity contribution < 1.29 is 9.75 Å². The molecule has 0 aromatic carbocycles. The van der Waals surface area contributed by atoms with Gasteiger partial charge in [-0.15, -0.1) is 0 Å². The molecular formula is C6H13NO2. The van der Waals surface area contributed by atoms with E-state index in [1.54, 1.807) is 0 Å². The first kappa shape index (κ1) is 6.99. The minimum Gasteiger partial charge on any atom is -0.633 e. The van der Waals surface area contributed by atoms with Gasteiger partial charge in [-0.25, -0.2) is 0 Å². The van der Waals surface area contributed by atoms with Gasteiger partial charge < -0.3 is 15.0 Å². The molecule has 2 atom stereocenters. The summed E-state index contributed by atoms with van der Waals surface area (Å²) in [4.78, 5) is 0. The summed E-state index contributed by atoms with van der Waals surface area (Å²) in [6.07, 6.45) is 0.333. The molecule has 0 bridgehead atoms. The van der Waals surface area contributed by atoms with Crippen LogP contribution < -0.4 is 0 Å². The second-order valence-electron chi connectivity index (χ2n) is 2.72. The Labute approximate surface area is 55.1 Å². The van der Waals surface area contributed by atoms with Crippen molar-refractivity contribution in [2.24, 2.45) is 0 Å². The second kappa shape index (κ2) is 2.25. The van der Waals surface area contributed by atoms with Gasteiger partial charge in [0.15, 0.2) is 0 Å². The average molecular weight is 131 g/mol. The fourth-order valence-electron chi connectivity index (χ4n) is 1.24. The van der Waals surface area contributed by atoms with E-state index in [9.17, 15) is 5.21 Å². The van der Waals surface area contributed by atoms with Crippen molar-refractivity contribution in [1.29, 1.82) is 0 Å². The molecule has 1 N–H and O–H groups in total. The Kier molecular flexibility index (Phi) is 1.75. The number of quaternary nitrogens is 1. The van der Waals surface area contributed by atoms with E-state index < -0.39 is 0 Å². The van der Waals surface area contributed by atoms with Gasteiger partial charge in [-0.2, -0.15) is 0 Å². The SMILES string of the molecule is CC[N+]1([O-])CCC(O)C1. The lowest BCUT2D eigenvalue weighted by atomic mass is 10.3. The predicted octanol–water partition coefficient (Wildman–Crippen LogP) is 0.0855. The molecule has 0 amide bonds. The Morgan fingerprint density at radius 3 is 2.67 bits per heavy atom. The van der Waals surface area contributed by atoms with Crippen LogP contribution in [0.15, 0.2) is 0 Å². The highest BCUT2D eigenvalue weighted by Crippen LogP contribution is 2.16. The maximum Gasteiger partial charge on any atom is 0.109 e. The van der Waals surface area contributed by atoms with Crippen LogP contribution in [0.1, 0.15) is 13.3 Å². The summed E-state index contributed by atoms with van der Waals surface area (Å²) in [5.74, 6) is 0. The van der Waals surface area contributed by atoms with Crippen molar-refractivity contribution in [2.45, 2.75) is 19.4 Å². The molecule has 0 saturated carbocycles. The van der Waals surface area contributed by atoms with Crippen LogP contribution in [-0.4, -0.2) is 35.5 Å². The van der Waals surface area contributed by atoms with E-state index in [0.717, 1.165) is 0 Å². The lowest BCUT2D eigenvalue weighted by Crippen LogP contribution is -2.39. The van der Waals surface area contributed by atoms with E-state index in [2.05, 4.69) is 0 Å². The number of rotatable bonds is 1. The molecule has 0 aromatic heterocycles. The van der Waals surface area contributed by atoms with E-state index in [1.807, 2.05) is 6.92 Å². The van der Waals surface area contributed by atoms with E-state index in [4.69, 9.17) is 5.11 Å². The molecular weight excluding hydrogens is 118 g/mol. The van der Waals surface area contributed by atoms with Gasteiger partial charge in [0.1, 0.15) is 12.6 Å². The Hall–Kier alpha value is -0.120. The third-order valence-electron chi connectivity index (χ3n) is 1.99. The van der Waals surface area contributed by atoms with Gasteiger partial charge in [0.2, 0.25) is 0 Å². The quantitative estimate of drug-likeness (QED) is 0.404. The third kappa shape index (κ3) is 1.41. The maximum atomic E-state index is 11.3. The van der Waals surface area contributed by atoms with Crippen LogP contribution >= 0.6 is 0 Å². The topological polar surface area (TPSA) is 43.3 Å². The van der Waals surface area contributed by atoms with Crippen molar-refractivity contribution >= 4 is 0 Å². The van der Waals surface area contributed by atoms with Crippen molar-refractivity contribution in [2.75, 3.05) is 19.6 Å². The first-order chi connectivity index (χ1) is 4.16. The highest BCUT2D eigenvalue weighted by atomic mass is 16.5. The molecule has 1 saturated heterocycles. The molecule has 0 aromatic rings. The number of likely N-dealkylation sites (N-methyl/N-ethyl adjacent to an activating group) is 1. The van der Waals surface area contributed by atoms with Crippen LogP contribution in [0.3, 0.4) is 0 Å². The zero-order valence-electron chi connectivity index (χ0n) is 5.71. The van der Waals surface area contributed by atoms with Crippen LogP contribution in [-0.2, 0) is 0 Å². The van der Waals surface area contributed by atoms with Crippen LogP contribution in [0.4, 0.5) is 0 Å². The van der Waals surface area contributed by atoms with Gasteiger partial charge in [0.05, 0.1) is 13.1 Å². The average Bonchev–Trinajstić information content (AvgIpc) is 2.13. The molecule has 1 heterocycles. The molecule has 1 fully saturated rings. The largest absolute Gasteiger partial charge is 0.633 e. The van der Waals surface area contributed by atoms with Gasteiger partial charge in [-0.05, 0) is 6.92 Å². The van der Waals surface area contributed by atoms with Crippen LogP contribution in [0, 0.1) is 5.21 Å². The third-order valence-corrected chi connectivity index (χ3v) is 1.99. The molecule has 3 heteroatoms. The number of hydroxylamine groups is 3. The standard InChI is InChI=1S/C6H13NO2/c1-2-7(9)4-3-6(8)5-7/h6,8H,2-5H2,1H3. The van der Waals surface area contributed by atoms with Crippen LogP contribution in [0.25, 0.3) is 0 Å². The predicted molar refractivity (Wildman–Crippen MR) is 34.5 cm³/mol. The van der Waals surface area contributed by atoms with Gasteiger partial charge in [-0.1, -0.05) is 0 Å². The fourth-order valence-corrected chi connectivity index (χ4v) is 1.24. The summed E-state index contributed by atoms with van der Waals surface area (Å²) in [5, 5.41) is 20.2. The molecule has 2 unspecified atom stereocenters. The Morgan fingerprint density at radius 2 is 2.44 bits per heavy atom. The summed E-state index contributed by atoms with van der Waals surface area (Å²) in [6, 6.07) is 0. The van der Waals surface area contributed by atoms with Crippen molar-refractivity contribution in [3.05, 3.63) is 5.21 Å².